The number of nitrogens with two attached hydrogens (primary N) is 1. The highest BCUT2D eigenvalue weighted by Crippen LogP contribution is 2.45. The average Bonchev–Trinajstić information content (AvgIpc) is 2.97. The van der Waals surface area contributed by atoms with Gasteiger partial charge in [-0.25, -0.2) is 0 Å². The Morgan fingerprint density at radius 1 is 1.29 bits per heavy atom. The van der Waals surface area contributed by atoms with E-state index in [0.29, 0.717) is 0 Å². The van der Waals surface area contributed by atoms with Crippen LogP contribution in [-0.4, -0.2) is 16.8 Å². The smallest absolute Gasteiger partial charge is 0.0912 e. The third-order valence-corrected chi connectivity index (χ3v) is 2.78. The summed E-state index contributed by atoms with van der Waals surface area (Å²) in [7, 11) is 0. The van der Waals surface area contributed by atoms with Crippen LogP contribution in [0.1, 0.15) is 30.1 Å². The van der Waals surface area contributed by atoms with Crippen molar-refractivity contribution in [3.63, 3.8) is 0 Å². The molecule has 1 saturated carbocycles. The maximum Gasteiger partial charge on any atom is 0.0912 e. The molecule has 1 unspecified atom stereocenters. The molecular weight excluding hydrogens is 178 g/mol. The van der Waals surface area contributed by atoms with Gasteiger partial charge in [0.2, 0.25) is 0 Å². The maximum absolute atomic E-state index is 9.80. The van der Waals surface area contributed by atoms with Gasteiger partial charge in [0.15, 0.2) is 0 Å². The van der Waals surface area contributed by atoms with Crippen molar-refractivity contribution in [1.82, 2.24) is 0 Å². The topological polar surface area (TPSA) is 66.5 Å². The van der Waals surface area contributed by atoms with E-state index in [1.54, 1.807) is 0 Å². The zero-order valence-corrected chi connectivity index (χ0v) is 7.98. The number of rotatable bonds is 3. The van der Waals surface area contributed by atoms with E-state index in [1.807, 2.05) is 24.3 Å². The van der Waals surface area contributed by atoms with Crippen LogP contribution >= 0.6 is 0 Å². The average molecular weight is 193 g/mol. The summed E-state index contributed by atoms with van der Waals surface area (Å²) in [6, 6.07) is 7.37. The second kappa shape index (κ2) is 3.35. The number of aliphatic hydroxyl groups is 2. The lowest BCUT2D eigenvalue weighted by Gasteiger charge is -2.11. The molecule has 0 bridgehead atoms. The van der Waals surface area contributed by atoms with Crippen LogP contribution < -0.4 is 5.73 Å². The van der Waals surface area contributed by atoms with Gasteiger partial charge in [-0.15, -0.1) is 0 Å². The summed E-state index contributed by atoms with van der Waals surface area (Å²) >= 11 is 0. The van der Waals surface area contributed by atoms with Crippen molar-refractivity contribution in [1.29, 1.82) is 0 Å². The molecule has 4 N–H and O–H groups in total. The SMILES string of the molecule is NCC(O)c1ccc(C2(O)CC2)cc1. The molecule has 14 heavy (non-hydrogen) atoms. The first kappa shape index (κ1) is 9.65. The Labute approximate surface area is 83.2 Å². The molecule has 1 aromatic rings. The lowest BCUT2D eigenvalue weighted by Crippen LogP contribution is -2.12. The summed E-state index contributed by atoms with van der Waals surface area (Å²) in [6.45, 7) is 0.226. The monoisotopic (exact) mass is 193 g/mol. The minimum atomic E-state index is -0.599. The summed E-state index contributed by atoms with van der Waals surface area (Å²) < 4.78 is 0. The van der Waals surface area contributed by atoms with Gasteiger partial charge in [-0.3, -0.25) is 0 Å². The van der Waals surface area contributed by atoms with Gasteiger partial charge in [-0.05, 0) is 24.0 Å². The zero-order chi connectivity index (χ0) is 10.2. The van der Waals surface area contributed by atoms with Gasteiger partial charge in [0.1, 0.15) is 0 Å². The largest absolute Gasteiger partial charge is 0.387 e. The summed E-state index contributed by atoms with van der Waals surface area (Å²) in [6.07, 6.45) is 1.08. The molecular formula is C11H15NO2. The van der Waals surface area contributed by atoms with E-state index in [1.165, 1.54) is 0 Å². The summed E-state index contributed by atoms with van der Waals surface area (Å²) in [4.78, 5) is 0. The Bertz CT molecular complexity index is 317. The third kappa shape index (κ3) is 1.66. The van der Waals surface area contributed by atoms with Crippen LogP contribution in [0.25, 0.3) is 0 Å². The van der Waals surface area contributed by atoms with Crippen molar-refractivity contribution in [2.24, 2.45) is 5.73 Å². The Hall–Kier alpha value is -0.900. The Kier molecular flexibility index (Phi) is 2.31. The van der Waals surface area contributed by atoms with E-state index in [2.05, 4.69) is 0 Å². The molecule has 0 amide bonds. The predicted octanol–water partition coefficient (Wildman–Crippen LogP) is 0.660. The molecule has 76 valence electrons. The molecule has 1 atom stereocenters. The summed E-state index contributed by atoms with van der Waals surface area (Å²) in [5, 5.41) is 19.3. The first-order chi connectivity index (χ1) is 6.65. The van der Waals surface area contributed by atoms with Gasteiger partial charge in [0.25, 0.3) is 0 Å². The number of benzene rings is 1. The van der Waals surface area contributed by atoms with E-state index >= 15 is 0 Å². The highest BCUT2D eigenvalue weighted by molar-refractivity contribution is 5.31. The second-order valence-electron chi connectivity index (χ2n) is 3.91. The van der Waals surface area contributed by atoms with Gasteiger partial charge in [0, 0.05) is 6.54 Å². The van der Waals surface area contributed by atoms with Crippen molar-refractivity contribution in [2.45, 2.75) is 24.5 Å². The van der Waals surface area contributed by atoms with Crippen molar-refractivity contribution in [2.75, 3.05) is 6.54 Å². The first-order valence-electron chi connectivity index (χ1n) is 4.87. The summed E-state index contributed by atoms with van der Waals surface area (Å²) in [5.74, 6) is 0. The lowest BCUT2D eigenvalue weighted by atomic mass is 10.0. The van der Waals surface area contributed by atoms with E-state index < -0.39 is 11.7 Å². The molecule has 1 aliphatic carbocycles. The molecule has 0 radical (unpaired) electrons. The minimum Gasteiger partial charge on any atom is -0.387 e. The number of hydrogen-bond acceptors (Lipinski definition) is 3. The van der Waals surface area contributed by atoms with Crippen LogP contribution in [0.15, 0.2) is 24.3 Å². The maximum atomic E-state index is 9.80. The molecule has 3 heteroatoms. The van der Waals surface area contributed by atoms with Crippen LogP contribution in [-0.2, 0) is 5.60 Å². The second-order valence-corrected chi connectivity index (χ2v) is 3.91. The van der Waals surface area contributed by atoms with Crippen LogP contribution in [0.3, 0.4) is 0 Å². The van der Waals surface area contributed by atoms with Crippen LogP contribution in [0.4, 0.5) is 0 Å². The number of aliphatic hydroxyl groups excluding tert-OH is 1. The normalized spacial score (nSPS) is 20.5. The van der Waals surface area contributed by atoms with Crippen LogP contribution in [0, 0.1) is 0 Å². The highest BCUT2D eigenvalue weighted by atomic mass is 16.3. The molecule has 0 saturated heterocycles. The highest BCUT2D eigenvalue weighted by Gasteiger charge is 2.41. The Morgan fingerprint density at radius 2 is 1.86 bits per heavy atom. The van der Waals surface area contributed by atoms with Gasteiger partial charge in [0.05, 0.1) is 11.7 Å². The fourth-order valence-corrected chi connectivity index (χ4v) is 1.56. The molecule has 1 aliphatic rings. The van der Waals surface area contributed by atoms with Crippen LogP contribution in [0.5, 0.6) is 0 Å². The zero-order valence-electron chi connectivity index (χ0n) is 7.98. The molecule has 0 aromatic heterocycles. The number of hydrogen-bond donors (Lipinski definition) is 3. The molecule has 0 heterocycles. The molecule has 2 rings (SSSR count). The van der Waals surface area contributed by atoms with Gasteiger partial charge < -0.3 is 15.9 Å². The fraction of sp³-hybridized carbons (Fsp3) is 0.455. The molecule has 0 aliphatic heterocycles. The minimum absolute atomic E-state index is 0.226. The van der Waals surface area contributed by atoms with Gasteiger partial charge in [-0.1, -0.05) is 24.3 Å². The van der Waals surface area contributed by atoms with Gasteiger partial charge >= 0.3 is 0 Å². The van der Waals surface area contributed by atoms with Crippen molar-refractivity contribution < 1.29 is 10.2 Å². The molecule has 3 nitrogen and oxygen atoms in total. The van der Waals surface area contributed by atoms with E-state index in [-0.39, 0.29) is 6.54 Å². The fourth-order valence-electron chi connectivity index (χ4n) is 1.56. The Balaban J connectivity index is 2.18. The van der Waals surface area contributed by atoms with E-state index in [0.717, 1.165) is 24.0 Å². The third-order valence-electron chi connectivity index (χ3n) is 2.78. The molecule has 1 fully saturated rings. The van der Waals surface area contributed by atoms with Crippen molar-refractivity contribution in [3.05, 3.63) is 35.4 Å². The van der Waals surface area contributed by atoms with E-state index in [9.17, 15) is 10.2 Å². The van der Waals surface area contributed by atoms with Crippen molar-refractivity contribution >= 4 is 0 Å². The quantitative estimate of drug-likeness (QED) is 0.660. The Morgan fingerprint density at radius 3 is 2.29 bits per heavy atom. The van der Waals surface area contributed by atoms with E-state index in [4.69, 9.17) is 5.73 Å². The molecule has 0 spiro atoms. The van der Waals surface area contributed by atoms with Gasteiger partial charge in [-0.2, -0.15) is 0 Å². The molecule has 1 aromatic carbocycles. The lowest BCUT2D eigenvalue weighted by molar-refractivity contribution is 0.151. The standard InChI is InChI=1S/C11H15NO2/c12-7-10(13)8-1-3-9(4-2-8)11(14)5-6-11/h1-4,10,13-14H,5-7,12H2. The van der Waals surface area contributed by atoms with Crippen LogP contribution in [0.2, 0.25) is 0 Å². The predicted molar refractivity (Wildman–Crippen MR) is 53.6 cm³/mol. The van der Waals surface area contributed by atoms with Crippen molar-refractivity contribution in [3.8, 4) is 0 Å². The first-order valence-corrected chi connectivity index (χ1v) is 4.87. The summed E-state index contributed by atoms with van der Waals surface area (Å²) in [5.41, 5.74) is 6.49.